The second kappa shape index (κ2) is 4.89. The molecule has 0 aliphatic rings. The van der Waals surface area contributed by atoms with Gasteiger partial charge in [0, 0.05) is 24.9 Å². The summed E-state index contributed by atoms with van der Waals surface area (Å²) in [5, 5.41) is 4.12. The molecule has 3 aromatic rings. The SMILES string of the molecule is Cn1cc(-c2cc(Oc3ccccc3)ncn2)cn1. The van der Waals surface area contributed by atoms with Gasteiger partial charge in [0.2, 0.25) is 5.88 Å². The summed E-state index contributed by atoms with van der Waals surface area (Å²) >= 11 is 0. The van der Waals surface area contributed by atoms with Crippen molar-refractivity contribution < 1.29 is 4.74 Å². The molecule has 0 saturated heterocycles. The van der Waals surface area contributed by atoms with Crippen molar-refractivity contribution in [3.8, 4) is 22.9 Å². The maximum absolute atomic E-state index is 5.67. The van der Waals surface area contributed by atoms with Crippen LogP contribution in [0, 0.1) is 0 Å². The lowest BCUT2D eigenvalue weighted by atomic mass is 10.2. The minimum Gasteiger partial charge on any atom is -0.439 e. The van der Waals surface area contributed by atoms with Gasteiger partial charge in [0.05, 0.1) is 11.9 Å². The Balaban J connectivity index is 1.88. The van der Waals surface area contributed by atoms with Gasteiger partial charge in [0.15, 0.2) is 0 Å². The minimum atomic E-state index is 0.514. The molecule has 0 fully saturated rings. The first-order valence-electron chi connectivity index (χ1n) is 5.85. The second-order valence-corrected chi connectivity index (χ2v) is 4.06. The van der Waals surface area contributed by atoms with E-state index >= 15 is 0 Å². The van der Waals surface area contributed by atoms with Gasteiger partial charge < -0.3 is 4.74 Å². The third-order valence-corrected chi connectivity index (χ3v) is 2.61. The molecule has 0 unspecified atom stereocenters. The summed E-state index contributed by atoms with van der Waals surface area (Å²) in [4.78, 5) is 8.33. The van der Waals surface area contributed by atoms with Crippen LogP contribution in [0.3, 0.4) is 0 Å². The Morgan fingerprint density at radius 2 is 1.95 bits per heavy atom. The van der Waals surface area contributed by atoms with Crippen LogP contribution >= 0.6 is 0 Å². The summed E-state index contributed by atoms with van der Waals surface area (Å²) in [6.07, 6.45) is 5.14. The highest BCUT2D eigenvalue weighted by molar-refractivity contribution is 5.57. The van der Waals surface area contributed by atoms with Crippen molar-refractivity contribution in [3.05, 3.63) is 55.1 Å². The zero-order valence-electron chi connectivity index (χ0n) is 10.4. The summed E-state index contributed by atoms with van der Waals surface area (Å²) < 4.78 is 7.40. The number of hydrogen-bond donors (Lipinski definition) is 0. The lowest BCUT2D eigenvalue weighted by Crippen LogP contribution is -1.90. The standard InChI is InChI=1S/C14H12N4O/c1-18-9-11(8-17-18)13-7-14(16-10-15-13)19-12-5-3-2-4-6-12/h2-10H,1H3. The zero-order valence-corrected chi connectivity index (χ0v) is 10.4. The van der Waals surface area contributed by atoms with E-state index in [1.165, 1.54) is 6.33 Å². The van der Waals surface area contributed by atoms with Crippen LogP contribution in [0.4, 0.5) is 0 Å². The highest BCUT2D eigenvalue weighted by atomic mass is 16.5. The second-order valence-electron chi connectivity index (χ2n) is 4.06. The first kappa shape index (κ1) is 11.4. The fourth-order valence-corrected chi connectivity index (χ4v) is 1.72. The van der Waals surface area contributed by atoms with E-state index in [1.807, 2.05) is 43.6 Å². The summed E-state index contributed by atoms with van der Waals surface area (Å²) in [6, 6.07) is 11.3. The molecule has 3 rings (SSSR count). The van der Waals surface area contributed by atoms with Crippen LogP contribution in [0.5, 0.6) is 11.6 Å². The highest BCUT2D eigenvalue weighted by Crippen LogP contribution is 2.22. The van der Waals surface area contributed by atoms with Crippen LogP contribution < -0.4 is 4.74 Å². The van der Waals surface area contributed by atoms with Crippen molar-refractivity contribution in [2.45, 2.75) is 0 Å². The van der Waals surface area contributed by atoms with Gasteiger partial charge in [-0.25, -0.2) is 9.97 Å². The number of aryl methyl sites for hydroxylation is 1. The average molecular weight is 252 g/mol. The van der Waals surface area contributed by atoms with Gasteiger partial charge in [0.1, 0.15) is 12.1 Å². The van der Waals surface area contributed by atoms with Crippen molar-refractivity contribution >= 4 is 0 Å². The van der Waals surface area contributed by atoms with E-state index in [1.54, 1.807) is 16.9 Å². The molecule has 0 amide bonds. The van der Waals surface area contributed by atoms with Crippen molar-refractivity contribution in [3.63, 3.8) is 0 Å². The topological polar surface area (TPSA) is 52.8 Å². The van der Waals surface area contributed by atoms with Gasteiger partial charge in [0.25, 0.3) is 0 Å². The molecule has 0 spiro atoms. The van der Waals surface area contributed by atoms with Crippen molar-refractivity contribution in [2.24, 2.45) is 7.05 Å². The average Bonchev–Trinajstić information content (AvgIpc) is 2.87. The predicted molar refractivity (Wildman–Crippen MR) is 70.8 cm³/mol. The van der Waals surface area contributed by atoms with E-state index in [9.17, 15) is 0 Å². The van der Waals surface area contributed by atoms with Crippen LogP contribution in [0.25, 0.3) is 11.3 Å². The van der Waals surface area contributed by atoms with Crippen LogP contribution in [-0.4, -0.2) is 19.7 Å². The predicted octanol–water partition coefficient (Wildman–Crippen LogP) is 2.67. The van der Waals surface area contributed by atoms with Crippen LogP contribution in [-0.2, 0) is 7.05 Å². The van der Waals surface area contributed by atoms with Gasteiger partial charge in [-0.15, -0.1) is 0 Å². The molecule has 0 atom stereocenters. The van der Waals surface area contributed by atoms with E-state index in [2.05, 4.69) is 15.1 Å². The molecule has 1 aromatic carbocycles. The van der Waals surface area contributed by atoms with Crippen molar-refractivity contribution in [1.82, 2.24) is 19.7 Å². The third-order valence-electron chi connectivity index (χ3n) is 2.61. The molecule has 0 N–H and O–H groups in total. The Hall–Kier alpha value is -2.69. The largest absolute Gasteiger partial charge is 0.439 e. The van der Waals surface area contributed by atoms with Gasteiger partial charge in [-0.3, -0.25) is 4.68 Å². The number of benzene rings is 1. The molecule has 2 heterocycles. The van der Waals surface area contributed by atoms with Crippen LogP contribution in [0.15, 0.2) is 55.1 Å². The van der Waals surface area contributed by atoms with E-state index in [0.717, 1.165) is 17.0 Å². The number of para-hydroxylation sites is 1. The molecule has 94 valence electrons. The Morgan fingerprint density at radius 1 is 1.11 bits per heavy atom. The normalized spacial score (nSPS) is 10.4. The van der Waals surface area contributed by atoms with Gasteiger partial charge >= 0.3 is 0 Å². The van der Waals surface area contributed by atoms with Crippen LogP contribution in [0.2, 0.25) is 0 Å². The van der Waals surface area contributed by atoms with Crippen molar-refractivity contribution in [1.29, 1.82) is 0 Å². The highest BCUT2D eigenvalue weighted by Gasteiger charge is 2.05. The molecule has 19 heavy (non-hydrogen) atoms. The van der Waals surface area contributed by atoms with Crippen molar-refractivity contribution in [2.75, 3.05) is 0 Å². The maximum Gasteiger partial charge on any atom is 0.222 e. The lowest BCUT2D eigenvalue weighted by molar-refractivity contribution is 0.462. The quantitative estimate of drug-likeness (QED) is 0.719. The Labute approximate surface area is 110 Å². The monoisotopic (exact) mass is 252 g/mol. The smallest absolute Gasteiger partial charge is 0.222 e. The van der Waals surface area contributed by atoms with Gasteiger partial charge in [-0.2, -0.15) is 5.10 Å². The van der Waals surface area contributed by atoms with E-state index < -0.39 is 0 Å². The fraction of sp³-hybridized carbons (Fsp3) is 0.0714. The summed E-state index contributed by atoms with van der Waals surface area (Å²) in [7, 11) is 1.87. The molecule has 0 bridgehead atoms. The zero-order chi connectivity index (χ0) is 13.1. The van der Waals surface area contributed by atoms with E-state index in [4.69, 9.17) is 4.74 Å². The number of ether oxygens (including phenoxy) is 1. The number of rotatable bonds is 3. The number of nitrogens with zero attached hydrogens (tertiary/aromatic N) is 4. The van der Waals surface area contributed by atoms with Gasteiger partial charge in [-0.05, 0) is 12.1 Å². The summed E-state index contributed by atoms with van der Waals surface area (Å²) in [6.45, 7) is 0. The minimum absolute atomic E-state index is 0.514. The summed E-state index contributed by atoms with van der Waals surface area (Å²) in [5.74, 6) is 1.26. The molecule has 0 aliphatic carbocycles. The van der Waals surface area contributed by atoms with Gasteiger partial charge in [-0.1, -0.05) is 18.2 Å². The van der Waals surface area contributed by atoms with E-state index in [-0.39, 0.29) is 0 Å². The number of hydrogen-bond acceptors (Lipinski definition) is 4. The first-order valence-corrected chi connectivity index (χ1v) is 5.85. The molecule has 0 saturated carbocycles. The molecule has 5 nitrogen and oxygen atoms in total. The molecular formula is C14H12N4O. The number of aromatic nitrogens is 4. The third kappa shape index (κ3) is 2.60. The Bertz CT molecular complexity index is 679. The maximum atomic E-state index is 5.67. The molecule has 0 aliphatic heterocycles. The summed E-state index contributed by atoms with van der Waals surface area (Å²) in [5.41, 5.74) is 1.72. The molecule has 0 radical (unpaired) electrons. The Morgan fingerprint density at radius 3 is 2.68 bits per heavy atom. The first-order chi connectivity index (χ1) is 9.31. The molecule has 2 aromatic heterocycles. The lowest BCUT2D eigenvalue weighted by Gasteiger charge is -2.04. The van der Waals surface area contributed by atoms with E-state index in [0.29, 0.717) is 5.88 Å². The molecular weight excluding hydrogens is 240 g/mol. The molecule has 5 heteroatoms. The Kier molecular flexibility index (Phi) is 2.94. The fourth-order valence-electron chi connectivity index (χ4n) is 1.72. The van der Waals surface area contributed by atoms with Crippen LogP contribution in [0.1, 0.15) is 0 Å².